The summed E-state index contributed by atoms with van der Waals surface area (Å²) in [6, 6.07) is -0.0558. The average Bonchev–Trinajstić information content (AvgIpc) is 2.84. The number of likely N-dealkylation sites (tertiary alicyclic amines) is 1. The van der Waals surface area contributed by atoms with Gasteiger partial charge in [-0.25, -0.2) is 4.79 Å². The summed E-state index contributed by atoms with van der Waals surface area (Å²) in [4.78, 5) is 17.4. The minimum absolute atomic E-state index is 0. The van der Waals surface area contributed by atoms with E-state index in [0.717, 1.165) is 4.68 Å². The zero-order chi connectivity index (χ0) is 20.4. The van der Waals surface area contributed by atoms with Crippen molar-refractivity contribution in [3.8, 4) is 0 Å². The second-order valence-corrected chi connectivity index (χ2v) is 7.33. The molecule has 12 heteroatoms. The molecule has 0 spiro atoms. The normalized spacial score (nSPS) is 15.6. The largest absolute Gasteiger partial charge is 0.444 e. The lowest BCUT2D eigenvalue weighted by Gasteiger charge is -2.40. The zero-order valence-electron chi connectivity index (χ0n) is 16.4. The molecule has 0 radical (unpaired) electrons. The predicted molar refractivity (Wildman–Crippen MR) is 109 cm³/mol. The molecule has 1 aliphatic rings. The number of alkyl halides is 3. The first kappa shape index (κ1) is 24.3. The maximum Gasteiger partial charge on any atom is 0.435 e. The second kappa shape index (κ2) is 9.18. The van der Waals surface area contributed by atoms with Gasteiger partial charge in [0, 0.05) is 45.5 Å². The number of hydrogen-bond acceptors (Lipinski definition) is 4. The van der Waals surface area contributed by atoms with Crippen molar-refractivity contribution in [2.24, 2.45) is 12.0 Å². The van der Waals surface area contributed by atoms with E-state index in [0.29, 0.717) is 19.0 Å². The van der Waals surface area contributed by atoms with E-state index in [-0.39, 0.29) is 42.1 Å². The van der Waals surface area contributed by atoms with E-state index in [4.69, 9.17) is 4.74 Å². The van der Waals surface area contributed by atoms with Gasteiger partial charge in [-0.1, -0.05) is 0 Å². The standard InChI is InChI=1S/C16H25F3N6O2.HI/c1-15(2,3)27-14(26)25-8-11(9-25)22-13(20-4)21-6-10-7-24(5)23-12(10)16(17,18)19;/h7,11H,6,8-9H2,1-5H3,(H2,20,21,22);1H. The number of nitrogens with one attached hydrogen (secondary N) is 2. The topological polar surface area (TPSA) is 83.8 Å². The molecule has 8 nitrogen and oxygen atoms in total. The molecule has 1 aromatic heterocycles. The van der Waals surface area contributed by atoms with Gasteiger partial charge in [-0.15, -0.1) is 24.0 Å². The van der Waals surface area contributed by atoms with Crippen LogP contribution in [0.5, 0.6) is 0 Å². The molecule has 1 amide bonds. The van der Waals surface area contributed by atoms with Gasteiger partial charge in [0.15, 0.2) is 11.7 Å². The Labute approximate surface area is 178 Å². The molecule has 0 saturated carbocycles. The summed E-state index contributed by atoms with van der Waals surface area (Å²) in [7, 11) is 2.96. The van der Waals surface area contributed by atoms with Crippen LogP contribution in [0.1, 0.15) is 32.0 Å². The maximum absolute atomic E-state index is 13.0. The third-order valence-electron chi connectivity index (χ3n) is 3.72. The lowest BCUT2D eigenvalue weighted by atomic mass is 10.1. The molecular formula is C16H26F3IN6O2. The van der Waals surface area contributed by atoms with Crippen LogP contribution < -0.4 is 10.6 Å². The first-order chi connectivity index (χ1) is 12.4. The van der Waals surface area contributed by atoms with Crippen LogP contribution in [-0.2, 0) is 24.5 Å². The van der Waals surface area contributed by atoms with Gasteiger partial charge in [-0.3, -0.25) is 9.67 Å². The second-order valence-electron chi connectivity index (χ2n) is 7.33. The van der Waals surface area contributed by atoms with Crippen LogP contribution in [0.2, 0.25) is 0 Å². The molecule has 2 N–H and O–H groups in total. The van der Waals surface area contributed by atoms with E-state index in [2.05, 4.69) is 20.7 Å². The highest BCUT2D eigenvalue weighted by Gasteiger charge is 2.37. The molecule has 28 heavy (non-hydrogen) atoms. The lowest BCUT2D eigenvalue weighted by molar-refractivity contribution is -0.142. The number of amides is 1. The summed E-state index contributed by atoms with van der Waals surface area (Å²) in [6.07, 6.45) is -3.60. The summed E-state index contributed by atoms with van der Waals surface area (Å²) in [5, 5.41) is 9.38. The first-order valence-electron chi connectivity index (χ1n) is 8.44. The maximum atomic E-state index is 13.0. The van der Waals surface area contributed by atoms with Crippen LogP contribution in [-0.4, -0.2) is 58.5 Å². The molecule has 1 saturated heterocycles. The van der Waals surface area contributed by atoms with Crippen LogP contribution in [0.4, 0.5) is 18.0 Å². The molecule has 0 bridgehead atoms. The van der Waals surface area contributed by atoms with E-state index in [9.17, 15) is 18.0 Å². The minimum atomic E-state index is -4.52. The molecule has 0 aromatic carbocycles. The van der Waals surface area contributed by atoms with Crippen LogP contribution >= 0.6 is 24.0 Å². The molecule has 0 atom stereocenters. The van der Waals surface area contributed by atoms with Crippen LogP contribution in [0.15, 0.2) is 11.2 Å². The highest BCUT2D eigenvalue weighted by atomic mass is 127. The summed E-state index contributed by atoms with van der Waals surface area (Å²) in [5.41, 5.74) is -1.46. The van der Waals surface area contributed by atoms with E-state index in [1.54, 1.807) is 25.7 Å². The number of aromatic nitrogens is 2. The molecule has 0 aliphatic carbocycles. The van der Waals surface area contributed by atoms with Gasteiger partial charge in [0.05, 0.1) is 6.04 Å². The van der Waals surface area contributed by atoms with E-state index < -0.39 is 23.6 Å². The molecule has 2 heterocycles. The molecule has 0 unspecified atom stereocenters. The highest BCUT2D eigenvalue weighted by Crippen LogP contribution is 2.30. The van der Waals surface area contributed by atoms with Crippen molar-refractivity contribution in [1.82, 2.24) is 25.3 Å². The van der Waals surface area contributed by atoms with Gasteiger partial charge in [0.25, 0.3) is 0 Å². The van der Waals surface area contributed by atoms with E-state index in [1.807, 2.05) is 0 Å². The minimum Gasteiger partial charge on any atom is -0.444 e. The van der Waals surface area contributed by atoms with Crippen LogP contribution in [0.3, 0.4) is 0 Å². The Morgan fingerprint density at radius 3 is 2.46 bits per heavy atom. The lowest BCUT2D eigenvalue weighted by Crippen LogP contribution is -2.63. The van der Waals surface area contributed by atoms with Crippen molar-refractivity contribution in [2.45, 2.75) is 45.1 Å². The summed E-state index contributed by atoms with van der Waals surface area (Å²) < 4.78 is 45.3. The van der Waals surface area contributed by atoms with Gasteiger partial charge in [-0.05, 0) is 20.8 Å². The Morgan fingerprint density at radius 1 is 1.36 bits per heavy atom. The third-order valence-corrected chi connectivity index (χ3v) is 3.72. The Hall–Kier alpha value is -1.73. The number of carbonyl (C=O) groups is 1. The first-order valence-corrected chi connectivity index (χ1v) is 8.44. The van der Waals surface area contributed by atoms with Gasteiger partial charge in [0.2, 0.25) is 0 Å². The van der Waals surface area contributed by atoms with E-state index in [1.165, 1.54) is 20.3 Å². The van der Waals surface area contributed by atoms with Gasteiger partial charge in [-0.2, -0.15) is 18.3 Å². The molecule has 1 aromatic rings. The summed E-state index contributed by atoms with van der Waals surface area (Å²) in [6.45, 7) is 6.15. The van der Waals surface area contributed by atoms with Gasteiger partial charge >= 0.3 is 12.3 Å². The number of carbonyl (C=O) groups excluding carboxylic acids is 1. The van der Waals surface area contributed by atoms with Crippen LogP contribution in [0, 0.1) is 0 Å². The molecule has 1 aliphatic heterocycles. The number of rotatable bonds is 3. The Morgan fingerprint density at radius 2 is 1.96 bits per heavy atom. The number of hydrogen-bond donors (Lipinski definition) is 2. The summed E-state index contributed by atoms with van der Waals surface area (Å²) >= 11 is 0. The predicted octanol–water partition coefficient (Wildman–Crippen LogP) is 2.34. The van der Waals surface area contributed by atoms with Crippen molar-refractivity contribution >= 4 is 36.0 Å². The smallest absolute Gasteiger partial charge is 0.435 e. The molecular weight excluding hydrogens is 492 g/mol. The van der Waals surface area contributed by atoms with Gasteiger partial charge < -0.3 is 20.3 Å². The fraction of sp³-hybridized carbons (Fsp3) is 0.688. The van der Waals surface area contributed by atoms with Gasteiger partial charge in [0.1, 0.15) is 5.60 Å². The van der Waals surface area contributed by atoms with Crippen molar-refractivity contribution < 1.29 is 22.7 Å². The monoisotopic (exact) mass is 518 g/mol. The summed E-state index contributed by atoms with van der Waals surface area (Å²) in [5.74, 6) is 0.348. The Balaban J connectivity index is 0.00000392. The molecule has 160 valence electrons. The van der Waals surface area contributed by atoms with Crippen LogP contribution in [0.25, 0.3) is 0 Å². The zero-order valence-corrected chi connectivity index (χ0v) is 18.8. The fourth-order valence-corrected chi connectivity index (χ4v) is 2.52. The highest BCUT2D eigenvalue weighted by molar-refractivity contribution is 14.0. The van der Waals surface area contributed by atoms with Crippen molar-refractivity contribution in [2.75, 3.05) is 20.1 Å². The Bertz CT molecular complexity index is 708. The number of halogens is 4. The average molecular weight is 518 g/mol. The quantitative estimate of drug-likeness (QED) is 0.365. The van der Waals surface area contributed by atoms with Crippen molar-refractivity contribution in [3.63, 3.8) is 0 Å². The van der Waals surface area contributed by atoms with E-state index >= 15 is 0 Å². The number of aryl methyl sites for hydroxylation is 1. The Kier molecular flexibility index (Phi) is 7.97. The molecule has 1 fully saturated rings. The van der Waals surface area contributed by atoms with Crippen molar-refractivity contribution in [3.05, 3.63) is 17.5 Å². The SMILES string of the molecule is CN=C(NCc1cn(C)nc1C(F)(F)F)NC1CN(C(=O)OC(C)(C)C)C1.I. The van der Waals surface area contributed by atoms with Crippen molar-refractivity contribution in [1.29, 1.82) is 0 Å². The number of nitrogens with zero attached hydrogens (tertiary/aromatic N) is 4. The third kappa shape index (κ3) is 6.71. The fourth-order valence-electron chi connectivity index (χ4n) is 2.52. The number of aliphatic imine (C=N–C) groups is 1. The number of guanidine groups is 1. The molecule has 2 rings (SSSR count). The number of ether oxygens (including phenoxy) is 1.